The summed E-state index contributed by atoms with van der Waals surface area (Å²) in [5, 5.41) is 26.1. The molecule has 0 aliphatic rings. The molecule has 0 radical (unpaired) electrons. The van der Waals surface area contributed by atoms with Crippen LogP contribution in [0.25, 0.3) is 152 Å². The highest BCUT2D eigenvalue weighted by Gasteiger charge is 2.27. The van der Waals surface area contributed by atoms with Gasteiger partial charge in [-0.1, -0.05) is 206 Å². The third-order valence-electron chi connectivity index (χ3n) is 14.9. The lowest BCUT2D eigenvalue weighted by atomic mass is 9.84. The van der Waals surface area contributed by atoms with Crippen LogP contribution in [0.1, 0.15) is 0 Å². The topological polar surface area (TPSA) is 0 Å². The van der Waals surface area contributed by atoms with E-state index in [-0.39, 0.29) is 0 Å². The molecule has 0 aliphatic carbocycles. The van der Waals surface area contributed by atoms with Crippen molar-refractivity contribution in [3.63, 3.8) is 0 Å². The molecule has 0 fully saturated rings. The Morgan fingerprint density at radius 3 is 1.41 bits per heavy atom. The van der Waals surface area contributed by atoms with Gasteiger partial charge < -0.3 is 0 Å². The third kappa shape index (κ3) is 4.93. The predicted molar refractivity (Wildman–Crippen MR) is 286 cm³/mol. The summed E-state index contributed by atoms with van der Waals surface area (Å²) in [6.07, 6.45) is 0. The van der Waals surface area contributed by atoms with Gasteiger partial charge in [-0.15, -0.1) is 0 Å². The molecule has 0 saturated carbocycles. The Kier molecular flexibility index (Phi) is 7.31. The molecule has 0 saturated heterocycles. The fourth-order valence-electron chi connectivity index (χ4n) is 12.0. The van der Waals surface area contributed by atoms with Crippen LogP contribution < -0.4 is 0 Å². The molecule has 0 aromatic heterocycles. The minimum absolute atomic E-state index is 1.23. The van der Waals surface area contributed by atoms with E-state index >= 15 is 0 Å². The van der Waals surface area contributed by atoms with Gasteiger partial charge in [0.2, 0.25) is 0 Å². The van der Waals surface area contributed by atoms with Crippen LogP contribution in [-0.2, 0) is 0 Å². The number of benzene rings is 13. The van der Waals surface area contributed by atoms with Crippen LogP contribution in [-0.4, -0.2) is 0 Å². The van der Waals surface area contributed by atoms with Crippen molar-refractivity contribution in [2.45, 2.75) is 0 Å². The Morgan fingerprint density at radius 1 is 0.167 bits per heavy atom. The highest BCUT2D eigenvalue weighted by molar-refractivity contribution is 6.45. The van der Waals surface area contributed by atoms with E-state index in [0.29, 0.717) is 0 Å². The molecule has 0 aliphatic heterocycles. The zero-order valence-corrected chi connectivity index (χ0v) is 35.9. The number of hydrogen-bond acceptors (Lipinski definition) is 0. The standard InChI is InChI=1S/C66H38/c1-3-14-40(15-4-1)60-59-38-58-52-20-10-9-19-51(52)54-22-12-23-55(63(54)58)64(59)61(41-16-5-2-6-17-41)66-56-24-11-21-53-50(33-34-57(62(53)56)65(60)66)47-30-28-43-35-42(26-27-44(43)36-47)45-31-32-49-46(37-45)29-25-39-13-7-8-18-48(39)49/h1-38H. The van der Waals surface area contributed by atoms with Gasteiger partial charge in [-0.2, -0.15) is 0 Å². The zero-order valence-electron chi connectivity index (χ0n) is 35.9. The Bertz CT molecular complexity index is 4480. The monoisotopic (exact) mass is 830 g/mol. The highest BCUT2D eigenvalue weighted by atomic mass is 14.3. The molecular weight excluding hydrogens is 793 g/mol. The molecule has 0 nitrogen and oxygen atoms in total. The Balaban J connectivity index is 0.985. The van der Waals surface area contributed by atoms with Gasteiger partial charge in [0.1, 0.15) is 0 Å². The lowest BCUT2D eigenvalue weighted by Crippen LogP contribution is -1.91. The molecule has 15 aromatic carbocycles. The van der Waals surface area contributed by atoms with E-state index in [2.05, 4.69) is 231 Å². The van der Waals surface area contributed by atoms with E-state index in [4.69, 9.17) is 0 Å². The molecule has 0 bridgehead atoms. The summed E-state index contributed by atoms with van der Waals surface area (Å²) in [5.41, 5.74) is 10.1. The normalized spacial score (nSPS) is 12.2. The zero-order chi connectivity index (χ0) is 43.0. The fraction of sp³-hybridized carbons (Fsp3) is 0. The van der Waals surface area contributed by atoms with Gasteiger partial charge in [-0.05, 0) is 176 Å². The average molecular weight is 831 g/mol. The summed E-state index contributed by atoms with van der Waals surface area (Å²) in [7, 11) is 0. The van der Waals surface area contributed by atoms with Crippen molar-refractivity contribution >= 4 is 108 Å². The van der Waals surface area contributed by atoms with Crippen LogP contribution in [0.5, 0.6) is 0 Å². The average Bonchev–Trinajstić information content (AvgIpc) is 3.89. The lowest BCUT2D eigenvalue weighted by Gasteiger charge is -2.19. The Hall–Kier alpha value is -8.58. The van der Waals surface area contributed by atoms with Gasteiger partial charge >= 0.3 is 0 Å². The maximum atomic E-state index is 2.53. The van der Waals surface area contributed by atoms with Gasteiger partial charge in [0.05, 0.1) is 0 Å². The van der Waals surface area contributed by atoms with Gasteiger partial charge in [-0.25, -0.2) is 0 Å². The van der Waals surface area contributed by atoms with Crippen molar-refractivity contribution in [3.8, 4) is 44.5 Å². The largest absolute Gasteiger partial charge is 0.0622 e. The van der Waals surface area contributed by atoms with E-state index < -0.39 is 0 Å². The van der Waals surface area contributed by atoms with Crippen molar-refractivity contribution in [2.24, 2.45) is 0 Å². The summed E-state index contributed by atoms with van der Waals surface area (Å²) in [4.78, 5) is 0. The van der Waals surface area contributed by atoms with E-state index in [0.717, 1.165) is 0 Å². The summed E-state index contributed by atoms with van der Waals surface area (Å²) in [6.45, 7) is 0. The first kappa shape index (κ1) is 35.8. The fourth-order valence-corrected chi connectivity index (χ4v) is 12.0. The molecule has 0 atom stereocenters. The van der Waals surface area contributed by atoms with Crippen molar-refractivity contribution < 1.29 is 0 Å². The van der Waals surface area contributed by atoms with Crippen LogP contribution >= 0.6 is 0 Å². The molecule has 0 heterocycles. The van der Waals surface area contributed by atoms with Crippen molar-refractivity contribution in [1.29, 1.82) is 0 Å². The summed E-state index contributed by atoms with van der Waals surface area (Å²) < 4.78 is 0. The highest BCUT2D eigenvalue weighted by Crippen LogP contribution is 2.55. The van der Waals surface area contributed by atoms with Gasteiger partial charge in [0, 0.05) is 0 Å². The molecule has 66 heavy (non-hydrogen) atoms. The predicted octanol–water partition coefficient (Wildman–Crippen LogP) is 18.8. The van der Waals surface area contributed by atoms with Crippen LogP contribution in [0.4, 0.5) is 0 Å². The number of fused-ring (bicyclic) bond motifs is 12. The second-order valence-corrected chi connectivity index (χ2v) is 18.2. The van der Waals surface area contributed by atoms with E-state index in [1.807, 2.05) is 0 Å². The van der Waals surface area contributed by atoms with Gasteiger partial charge in [-0.3, -0.25) is 0 Å². The number of rotatable bonds is 4. The Labute approximate surface area is 380 Å². The summed E-state index contributed by atoms with van der Waals surface area (Å²) in [6, 6.07) is 86.6. The second-order valence-electron chi connectivity index (χ2n) is 18.2. The minimum atomic E-state index is 1.23. The maximum Gasteiger partial charge on any atom is -0.000719 e. The molecule has 0 amide bonds. The van der Waals surface area contributed by atoms with E-state index in [9.17, 15) is 0 Å². The summed E-state index contributed by atoms with van der Waals surface area (Å²) >= 11 is 0. The lowest BCUT2D eigenvalue weighted by molar-refractivity contribution is 1.67. The summed E-state index contributed by atoms with van der Waals surface area (Å²) in [5.74, 6) is 0. The molecule has 0 heteroatoms. The van der Waals surface area contributed by atoms with Gasteiger partial charge in [0.25, 0.3) is 0 Å². The molecule has 0 unspecified atom stereocenters. The molecule has 0 N–H and O–H groups in total. The van der Waals surface area contributed by atoms with Crippen molar-refractivity contribution in [3.05, 3.63) is 231 Å². The van der Waals surface area contributed by atoms with Crippen molar-refractivity contribution in [2.75, 3.05) is 0 Å². The molecular formula is C66H38. The first-order valence-electron chi connectivity index (χ1n) is 23.1. The van der Waals surface area contributed by atoms with Crippen molar-refractivity contribution in [1.82, 2.24) is 0 Å². The third-order valence-corrected chi connectivity index (χ3v) is 14.9. The van der Waals surface area contributed by atoms with Crippen LogP contribution in [0.2, 0.25) is 0 Å². The first-order valence-corrected chi connectivity index (χ1v) is 23.1. The Morgan fingerprint density at radius 2 is 0.636 bits per heavy atom. The van der Waals surface area contributed by atoms with Crippen LogP contribution in [0.3, 0.4) is 0 Å². The molecule has 15 aromatic rings. The first-order chi connectivity index (χ1) is 32.7. The molecule has 15 rings (SSSR count). The number of hydrogen-bond donors (Lipinski definition) is 0. The minimum Gasteiger partial charge on any atom is -0.0622 e. The second kappa shape index (κ2) is 13.5. The molecule has 302 valence electrons. The van der Waals surface area contributed by atoms with Crippen LogP contribution in [0.15, 0.2) is 231 Å². The SMILES string of the molecule is c1ccc(-c2c3cc4c5ccccc5c5cccc(c3c(-c3ccccc3)c3c6cccc7c(-c8ccc9cc(-c%10ccc%11c(ccc%12ccccc%12%11)c%10)ccc9c8)ccc(c23)c76)c54)cc1. The molecule has 0 spiro atoms. The quantitative estimate of drug-likeness (QED) is 0.155. The van der Waals surface area contributed by atoms with E-state index in [1.54, 1.807) is 0 Å². The van der Waals surface area contributed by atoms with Crippen LogP contribution in [0, 0.1) is 0 Å². The van der Waals surface area contributed by atoms with E-state index in [1.165, 1.54) is 152 Å². The maximum absolute atomic E-state index is 2.53. The van der Waals surface area contributed by atoms with Gasteiger partial charge in [0.15, 0.2) is 0 Å². The smallest absolute Gasteiger partial charge is 0.000719 e.